The van der Waals surface area contributed by atoms with E-state index in [0.717, 1.165) is 0 Å². The molecule has 8 nitrogen and oxygen atoms in total. The molecular weight excluding hydrogens is 442 g/mol. The summed E-state index contributed by atoms with van der Waals surface area (Å²) in [6.07, 6.45) is 0. The normalized spacial score (nSPS) is 17.4. The van der Waals surface area contributed by atoms with Crippen LogP contribution in [0.15, 0.2) is 54.1 Å². The Hall–Kier alpha value is -3.72. The molecule has 1 aliphatic rings. The zero-order valence-electron chi connectivity index (χ0n) is 18.4. The van der Waals surface area contributed by atoms with Crippen LogP contribution >= 0.6 is 11.3 Å². The van der Waals surface area contributed by atoms with Crippen molar-refractivity contribution in [3.63, 3.8) is 0 Å². The van der Waals surface area contributed by atoms with E-state index < -0.39 is 17.7 Å². The van der Waals surface area contributed by atoms with Crippen LogP contribution in [0.25, 0.3) is 5.76 Å². The van der Waals surface area contributed by atoms with Crippen LogP contribution in [0.2, 0.25) is 0 Å². The lowest BCUT2D eigenvalue weighted by Crippen LogP contribution is -2.29. The zero-order chi connectivity index (χ0) is 23.5. The van der Waals surface area contributed by atoms with Gasteiger partial charge in [-0.3, -0.25) is 14.5 Å². The number of Topliss-reactive ketones (excluding diaryl/α,β-unsaturated/α-hetero) is 1. The minimum Gasteiger partial charge on any atom is -0.507 e. The minimum atomic E-state index is -0.885. The number of anilines is 1. The molecule has 33 heavy (non-hydrogen) atoms. The second-order valence-electron chi connectivity index (χ2n) is 7.24. The number of rotatable bonds is 7. The summed E-state index contributed by atoms with van der Waals surface area (Å²) >= 11 is 1.20. The number of amides is 1. The van der Waals surface area contributed by atoms with Crippen LogP contribution < -0.4 is 14.4 Å². The zero-order valence-corrected chi connectivity index (χ0v) is 19.3. The second kappa shape index (κ2) is 9.41. The van der Waals surface area contributed by atoms with E-state index in [1.54, 1.807) is 55.5 Å². The third-order valence-corrected chi connectivity index (χ3v) is 5.93. The molecule has 1 amide bonds. The highest BCUT2D eigenvalue weighted by Crippen LogP contribution is 2.43. The molecule has 0 bridgehead atoms. The molecule has 1 fully saturated rings. The summed E-state index contributed by atoms with van der Waals surface area (Å²) in [4.78, 5) is 27.6. The van der Waals surface area contributed by atoms with Gasteiger partial charge in [0, 0.05) is 5.56 Å². The first-order valence-corrected chi connectivity index (χ1v) is 11.3. The smallest absolute Gasteiger partial charge is 0.301 e. The fraction of sp³-hybridized carbons (Fsp3) is 0.250. The fourth-order valence-corrected chi connectivity index (χ4v) is 4.42. The largest absolute Gasteiger partial charge is 0.507 e. The number of aliphatic hydroxyl groups is 1. The van der Waals surface area contributed by atoms with E-state index in [2.05, 4.69) is 10.2 Å². The second-order valence-corrected chi connectivity index (χ2v) is 8.40. The summed E-state index contributed by atoms with van der Waals surface area (Å²) in [6.45, 7) is 6.48. The minimum absolute atomic E-state index is 0.0225. The van der Waals surface area contributed by atoms with Crippen LogP contribution in [0.1, 0.15) is 36.0 Å². The molecule has 170 valence electrons. The number of benzene rings is 2. The molecule has 3 aromatic rings. The number of hydrogen-bond donors (Lipinski definition) is 1. The highest BCUT2D eigenvalue weighted by Gasteiger charge is 2.48. The molecular formula is C24H23N3O5S. The van der Waals surface area contributed by atoms with Crippen molar-refractivity contribution in [1.29, 1.82) is 0 Å². The summed E-state index contributed by atoms with van der Waals surface area (Å²) in [5.74, 6) is -0.603. The Balaban J connectivity index is 1.88. The number of aromatic nitrogens is 2. The molecule has 0 radical (unpaired) electrons. The predicted molar refractivity (Wildman–Crippen MR) is 125 cm³/mol. The summed E-state index contributed by atoms with van der Waals surface area (Å²) < 4.78 is 11.1. The van der Waals surface area contributed by atoms with E-state index >= 15 is 0 Å². The topological polar surface area (TPSA) is 102 Å². The lowest BCUT2D eigenvalue weighted by molar-refractivity contribution is -0.132. The molecule has 1 atom stereocenters. The van der Waals surface area contributed by atoms with Crippen molar-refractivity contribution < 1.29 is 24.2 Å². The number of ketones is 1. The molecule has 0 spiro atoms. The Labute approximate surface area is 195 Å². The third kappa shape index (κ3) is 4.31. The van der Waals surface area contributed by atoms with Crippen molar-refractivity contribution in [2.75, 3.05) is 18.1 Å². The van der Waals surface area contributed by atoms with Gasteiger partial charge >= 0.3 is 5.91 Å². The molecule has 2 aromatic carbocycles. The Morgan fingerprint density at radius 3 is 2.36 bits per heavy atom. The highest BCUT2D eigenvalue weighted by atomic mass is 32.1. The molecule has 4 rings (SSSR count). The summed E-state index contributed by atoms with van der Waals surface area (Å²) in [5, 5.41) is 20.2. The van der Waals surface area contributed by atoms with Crippen molar-refractivity contribution in [2.45, 2.75) is 26.8 Å². The average Bonchev–Trinajstić information content (AvgIpc) is 3.35. The first-order valence-electron chi connectivity index (χ1n) is 10.5. The van der Waals surface area contributed by atoms with Crippen LogP contribution in [-0.4, -0.2) is 40.2 Å². The molecule has 1 aliphatic heterocycles. The van der Waals surface area contributed by atoms with E-state index in [9.17, 15) is 14.7 Å². The quantitative estimate of drug-likeness (QED) is 0.316. The molecule has 1 unspecified atom stereocenters. The van der Waals surface area contributed by atoms with Crippen molar-refractivity contribution in [3.8, 4) is 11.5 Å². The van der Waals surface area contributed by atoms with Crippen molar-refractivity contribution in [3.05, 3.63) is 70.2 Å². The molecule has 1 N–H and O–H groups in total. The fourth-order valence-electron chi connectivity index (χ4n) is 3.70. The number of aliphatic hydroxyl groups excluding tert-OH is 1. The molecule has 9 heteroatoms. The molecule has 2 heterocycles. The Kier molecular flexibility index (Phi) is 6.41. The maximum atomic E-state index is 13.2. The number of carbonyl (C=O) groups is 2. The van der Waals surface area contributed by atoms with Gasteiger partial charge in [-0.1, -0.05) is 23.5 Å². The van der Waals surface area contributed by atoms with E-state index in [0.29, 0.717) is 40.8 Å². The summed E-state index contributed by atoms with van der Waals surface area (Å²) in [7, 11) is 0. The Morgan fingerprint density at radius 1 is 1.03 bits per heavy atom. The van der Waals surface area contributed by atoms with E-state index in [1.165, 1.54) is 16.2 Å². The lowest BCUT2D eigenvalue weighted by Gasteiger charge is -2.23. The predicted octanol–water partition coefficient (Wildman–Crippen LogP) is 4.27. The van der Waals surface area contributed by atoms with E-state index in [1.807, 2.05) is 13.8 Å². The number of hydrogen-bond acceptors (Lipinski definition) is 8. The molecule has 0 saturated carbocycles. The molecule has 1 aromatic heterocycles. The van der Waals surface area contributed by atoms with Gasteiger partial charge in [0.15, 0.2) is 0 Å². The van der Waals surface area contributed by atoms with Gasteiger partial charge in [-0.2, -0.15) is 0 Å². The number of ether oxygens (including phenoxy) is 2. The SMILES string of the molecule is CCOc1ccc(C(O)=C2C(=O)C(=O)N(c3nnc(C)s3)C2c2cccc(OCC)c2)cc1. The van der Waals surface area contributed by atoms with Gasteiger partial charge in [-0.05, 0) is 62.7 Å². The van der Waals surface area contributed by atoms with Crippen LogP contribution in [0.3, 0.4) is 0 Å². The van der Waals surface area contributed by atoms with Gasteiger partial charge in [0.1, 0.15) is 22.3 Å². The first kappa shape index (κ1) is 22.5. The first-order chi connectivity index (χ1) is 15.9. The van der Waals surface area contributed by atoms with Crippen LogP contribution in [0.4, 0.5) is 5.13 Å². The Morgan fingerprint density at radius 2 is 1.73 bits per heavy atom. The van der Waals surface area contributed by atoms with E-state index in [-0.39, 0.29) is 16.5 Å². The average molecular weight is 466 g/mol. The maximum Gasteiger partial charge on any atom is 0.301 e. The number of carbonyl (C=O) groups excluding carboxylic acids is 2. The third-order valence-electron chi connectivity index (χ3n) is 5.09. The van der Waals surface area contributed by atoms with Crippen molar-refractivity contribution in [1.82, 2.24) is 10.2 Å². The number of nitrogens with zero attached hydrogens (tertiary/aromatic N) is 3. The van der Waals surface area contributed by atoms with Crippen molar-refractivity contribution >= 4 is 33.9 Å². The maximum absolute atomic E-state index is 13.2. The lowest BCUT2D eigenvalue weighted by atomic mass is 9.95. The van der Waals surface area contributed by atoms with Crippen LogP contribution in [0, 0.1) is 6.92 Å². The Bertz CT molecular complexity index is 1220. The van der Waals surface area contributed by atoms with Crippen molar-refractivity contribution in [2.24, 2.45) is 0 Å². The molecule has 0 aliphatic carbocycles. The van der Waals surface area contributed by atoms with Gasteiger partial charge in [0.25, 0.3) is 5.78 Å². The summed E-state index contributed by atoms with van der Waals surface area (Å²) in [5.41, 5.74) is 0.988. The highest BCUT2D eigenvalue weighted by molar-refractivity contribution is 7.15. The number of aryl methyl sites for hydroxylation is 1. The summed E-state index contributed by atoms with van der Waals surface area (Å²) in [6, 6.07) is 12.9. The van der Waals surface area contributed by atoms with Gasteiger partial charge in [-0.15, -0.1) is 10.2 Å². The standard InChI is InChI=1S/C24H23N3O5S/c1-4-31-17-11-9-15(10-12-17)21(28)19-20(16-7-6-8-18(13-16)32-5-2)27(23(30)22(19)29)24-26-25-14(3)33-24/h6-13,20,28H,4-5H2,1-3H3. The molecule has 1 saturated heterocycles. The monoisotopic (exact) mass is 465 g/mol. The van der Waals surface area contributed by atoms with Gasteiger partial charge in [-0.25, -0.2) is 0 Å². The van der Waals surface area contributed by atoms with Gasteiger partial charge in [0.2, 0.25) is 5.13 Å². The van der Waals surface area contributed by atoms with Crippen LogP contribution in [-0.2, 0) is 9.59 Å². The van der Waals surface area contributed by atoms with Crippen LogP contribution in [0.5, 0.6) is 11.5 Å². The van der Waals surface area contributed by atoms with Gasteiger partial charge < -0.3 is 14.6 Å². The van der Waals surface area contributed by atoms with Gasteiger partial charge in [0.05, 0.1) is 24.8 Å². The van der Waals surface area contributed by atoms with E-state index in [4.69, 9.17) is 9.47 Å².